The summed E-state index contributed by atoms with van der Waals surface area (Å²) in [4.78, 5) is 27.6. The number of carbonyl (C=O) groups is 1. The number of hydrogen-bond acceptors (Lipinski definition) is 8. The minimum Gasteiger partial charge on any atom is -0.444 e. The van der Waals surface area contributed by atoms with Crippen LogP contribution in [-0.4, -0.2) is 70.7 Å². The van der Waals surface area contributed by atoms with Gasteiger partial charge in [0.05, 0.1) is 11.7 Å². The van der Waals surface area contributed by atoms with Gasteiger partial charge in [-0.2, -0.15) is 8.78 Å². The number of aromatic nitrogens is 3. The second-order valence-electron chi connectivity index (χ2n) is 11.1. The van der Waals surface area contributed by atoms with E-state index in [1.54, 1.807) is 36.2 Å². The highest BCUT2D eigenvalue weighted by Crippen LogP contribution is 2.46. The number of amides is 1. The van der Waals surface area contributed by atoms with Gasteiger partial charge in [-0.1, -0.05) is 18.2 Å². The summed E-state index contributed by atoms with van der Waals surface area (Å²) in [5.74, 6) is -2.12. The van der Waals surface area contributed by atoms with Crippen molar-refractivity contribution in [2.45, 2.75) is 52.2 Å². The molecule has 0 saturated carbocycles. The first kappa shape index (κ1) is 29.8. The number of nitrogens with zero attached hydrogens (tertiary/aromatic N) is 4. The van der Waals surface area contributed by atoms with Gasteiger partial charge in [0.15, 0.2) is 0 Å². The number of alkyl halides is 2. The Balaban J connectivity index is 1.58. The molecule has 1 aliphatic rings. The van der Waals surface area contributed by atoms with Crippen LogP contribution >= 0.6 is 7.14 Å². The van der Waals surface area contributed by atoms with E-state index in [1.165, 1.54) is 19.2 Å². The summed E-state index contributed by atoms with van der Waals surface area (Å²) in [6.45, 7) is 8.94. The van der Waals surface area contributed by atoms with E-state index < -0.39 is 31.4 Å². The molecule has 0 bridgehead atoms. The molecule has 0 spiro atoms. The molecular formula is C28H36F2N5O4P. The highest BCUT2D eigenvalue weighted by atomic mass is 31.2. The average molecular weight is 576 g/mol. The third-order valence-electron chi connectivity index (χ3n) is 6.70. The number of hydrogen-bond donors (Lipinski definition) is 1. The number of carbonyl (C=O) groups excluding carboxylic acids is 1. The van der Waals surface area contributed by atoms with Crippen LogP contribution in [0.2, 0.25) is 0 Å². The average Bonchev–Trinajstić information content (AvgIpc) is 2.88. The minimum atomic E-state index is -3.12. The Labute approximate surface area is 233 Å². The van der Waals surface area contributed by atoms with Crippen molar-refractivity contribution in [2.24, 2.45) is 0 Å². The van der Waals surface area contributed by atoms with Gasteiger partial charge in [-0.15, -0.1) is 0 Å². The van der Waals surface area contributed by atoms with E-state index in [0.717, 1.165) is 0 Å². The van der Waals surface area contributed by atoms with E-state index in [4.69, 9.17) is 4.74 Å². The number of anilines is 1. The first-order chi connectivity index (χ1) is 18.7. The minimum absolute atomic E-state index is 0.133. The van der Waals surface area contributed by atoms with E-state index in [2.05, 4.69) is 25.0 Å². The van der Waals surface area contributed by atoms with Crippen molar-refractivity contribution in [1.82, 2.24) is 19.9 Å². The number of pyridine rings is 1. The maximum absolute atomic E-state index is 14.5. The Hall–Kier alpha value is -3.17. The zero-order valence-corrected chi connectivity index (χ0v) is 24.6. The van der Waals surface area contributed by atoms with Crippen LogP contribution in [-0.2, 0) is 20.0 Å². The van der Waals surface area contributed by atoms with Crippen molar-refractivity contribution in [1.29, 1.82) is 0 Å². The standard InChI is InChI=1S/C28H36F2N5O4P/c1-18(20-8-7-9-21(14-20)28(29,30)17-38-6)32-25-22-15-24(31-16-23(22)33-19(2)34-25)40(37)12-10-35(11-13-40)26(36)39-27(3,4)5/h7-9,14-16,18H,10-13,17H2,1-6H3,(H,32,33,34)/t18-/m1/s1. The molecule has 12 heteroatoms. The number of halogens is 2. The topological polar surface area (TPSA) is 107 Å². The Morgan fingerprint density at radius 3 is 2.52 bits per heavy atom. The maximum atomic E-state index is 14.5. The third kappa shape index (κ3) is 6.75. The van der Waals surface area contributed by atoms with Crippen LogP contribution in [0.5, 0.6) is 0 Å². The largest absolute Gasteiger partial charge is 0.444 e. The Morgan fingerprint density at radius 2 is 1.88 bits per heavy atom. The molecule has 9 nitrogen and oxygen atoms in total. The van der Waals surface area contributed by atoms with Crippen LogP contribution < -0.4 is 10.8 Å². The van der Waals surface area contributed by atoms with Gasteiger partial charge in [0.2, 0.25) is 0 Å². The number of nitrogens with one attached hydrogen (secondary N) is 1. The van der Waals surface area contributed by atoms with Crippen LogP contribution in [0.4, 0.5) is 19.4 Å². The molecule has 3 aromatic rings. The quantitative estimate of drug-likeness (QED) is 0.369. The smallest absolute Gasteiger partial charge is 0.410 e. The van der Waals surface area contributed by atoms with Crippen molar-refractivity contribution in [3.63, 3.8) is 0 Å². The summed E-state index contributed by atoms with van der Waals surface area (Å²) in [5, 5.41) is 3.96. The Morgan fingerprint density at radius 1 is 1.18 bits per heavy atom. The third-order valence-corrected chi connectivity index (χ3v) is 9.62. The van der Waals surface area contributed by atoms with Crippen molar-refractivity contribution in [2.75, 3.05) is 44.4 Å². The molecule has 2 aromatic heterocycles. The van der Waals surface area contributed by atoms with Gasteiger partial charge in [0.1, 0.15) is 36.4 Å². The first-order valence-electron chi connectivity index (χ1n) is 13.2. The molecule has 1 amide bonds. The molecule has 0 unspecified atom stereocenters. The number of fused-ring (bicyclic) bond motifs is 1. The molecular weight excluding hydrogens is 539 g/mol. The summed E-state index contributed by atoms with van der Waals surface area (Å²) in [7, 11) is -1.65. The predicted molar refractivity (Wildman–Crippen MR) is 151 cm³/mol. The van der Waals surface area contributed by atoms with Crippen molar-refractivity contribution in [3.05, 3.63) is 53.5 Å². The molecule has 1 aliphatic heterocycles. The molecule has 1 atom stereocenters. The normalized spacial score (nSPS) is 16.6. The van der Waals surface area contributed by atoms with Crippen molar-refractivity contribution in [3.8, 4) is 0 Å². The van der Waals surface area contributed by atoms with E-state index >= 15 is 0 Å². The number of methoxy groups -OCH3 is 1. The second kappa shape index (κ2) is 11.4. The monoisotopic (exact) mass is 575 g/mol. The lowest BCUT2D eigenvalue weighted by Crippen LogP contribution is -2.43. The lowest BCUT2D eigenvalue weighted by atomic mass is 10.0. The van der Waals surface area contributed by atoms with Gasteiger partial charge in [0.25, 0.3) is 5.92 Å². The molecule has 0 radical (unpaired) electrons. The maximum Gasteiger partial charge on any atom is 0.410 e. The van der Waals surface area contributed by atoms with Crippen LogP contribution in [0.3, 0.4) is 0 Å². The molecule has 3 heterocycles. The molecule has 0 aliphatic carbocycles. The molecule has 40 heavy (non-hydrogen) atoms. The highest BCUT2D eigenvalue weighted by molar-refractivity contribution is 7.71. The van der Waals surface area contributed by atoms with Gasteiger partial charge in [0, 0.05) is 49.5 Å². The fourth-order valence-electron chi connectivity index (χ4n) is 4.58. The lowest BCUT2D eigenvalue weighted by Gasteiger charge is -2.33. The van der Waals surface area contributed by atoms with Gasteiger partial charge >= 0.3 is 6.09 Å². The molecule has 1 aromatic carbocycles. The molecule has 4 rings (SSSR count). The fraction of sp³-hybridized carbons (Fsp3) is 0.500. The van der Waals surface area contributed by atoms with Gasteiger partial charge < -0.3 is 24.3 Å². The number of aryl methyl sites for hydroxylation is 1. The summed E-state index contributed by atoms with van der Waals surface area (Å²) in [6.07, 6.45) is 1.75. The van der Waals surface area contributed by atoms with Crippen molar-refractivity contribution < 1.29 is 27.6 Å². The van der Waals surface area contributed by atoms with Crippen LogP contribution in [0.15, 0.2) is 36.5 Å². The SMILES string of the molecule is COCC(F)(F)c1cccc([C@@H](C)Nc2nc(C)nc3cnc(P4(=O)CCN(C(=O)OC(C)(C)C)CC4)cc23)c1. The Bertz CT molecular complexity index is 1430. The van der Waals surface area contributed by atoms with Crippen LogP contribution in [0.25, 0.3) is 10.9 Å². The van der Waals surface area contributed by atoms with E-state index in [9.17, 15) is 18.1 Å². The number of ether oxygens (including phenoxy) is 2. The van der Waals surface area contributed by atoms with E-state index in [1.807, 2.05) is 27.7 Å². The molecule has 216 valence electrons. The second-order valence-corrected chi connectivity index (χ2v) is 14.2. The molecule has 1 N–H and O–H groups in total. The van der Waals surface area contributed by atoms with Crippen molar-refractivity contribution >= 4 is 35.4 Å². The van der Waals surface area contributed by atoms with Gasteiger partial charge in [-0.25, -0.2) is 14.8 Å². The summed E-state index contributed by atoms with van der Waals surface area (Å²) in [6, 6.07) is 7.56. The highest BCUT2D eigenvalue weighted by Gasteiger charge is 2.35. The molecule has 1 saturated heterocycles. The fourth-order valence-corrected chi connectivity index (χ4v) is 7.03. The summed E-state index contributed by atoms with van der Waals surface area (Å²) in [5.41, 5.74) is 0.933. The van der Waals surface area contributed by atoms with E-state index in [0.29, 0.717) is 59.0 Å². The van der Waals surface area contributed by atoms with E-state index in [-0.39, 0.29) is 11.6 Å². The number of rotatable bonds is 7. The first-order valence-corrected chi connectivity index (χ1v) is 15.2. The van der Waals surface area contributed by atoms with Crippen LogP contribution in [0.1, 0.15) is 50.7 Å². The Kier molecular flexibility index (Phi) is 8.47. The summed E-state index contributed by atoms with van der Waals surface area (Å²) >= 11 is 0. The summed E-state index contributed by atoms with van der Waals surface area (Å²) < 4.78 is 53.0. The zero-order valence-electron chi connectivity index (χ0n) is 23.7. The van der Waals surface area contributed by atoms with Gasteiger partial charge in [-0.3, -0.25) is 4.98 Å². The number of benzene rings is 1. The lowest BCUT2D eigenvalue weighted by molar-refractivity contribution is -0.0698. The van der Waals surface area contributed by atoms with Gasteiger partial charge in [-0.05, 0) is 52.3 Å². The molecule has 1 fully saturated rings. The zero-order chi connectivity index (χ0) is 29.3. The predicted octanol–water partition coefficient (Wildman–Crippen LogP) is 5.48. The van der Waals surface area contributed by atoms with Crippen LogP contribution in [0, 0.1) is 6.92 Å².